The largest absolute Gasteiger partial charge is 0.490 e. The highest BCUT2D eigenvalue weighted by molar-refractivity contribution is 5.75. The molecule has 1 amide bonds. The van der Waals surface area contributed by atoms with Crippen LogP contribution in [0.2, 0.25) is 0 Å². The number of carbonyl (C=O) groups excluding carboxylic acids is 1. The van der Waals surface area contributed by atoms with Crippen LogP contribution in [0.15, 0.2) is 24.3 Å². The molecule has 0 aromatic heterocycles. The summed E-state index contributed by atoms with van der Waals surface area (Å²) in [4.78, 5) is 11.0. The van der Waals surface area contributed by atoms with Gasteiger partial charge in [0.15, 0.2) is 0 Å². The average molecular weight is 238 g/mol. The van der Waals surface area contributed by atoms with Crippen LogP contribution in [0.25, 0.3) is 0 Å². The number of aliphatic hydroxyl groups excluding tert-OH is 1. The van der Waals surface area contributed by atoms with Crippen LogP contribution in [0, 0.1) is 0 Å². The van der Waals surface area contributed by atoms with Crippen LogP contribution in [0.5, 0.6) is 5.75 Å². The van der Waals surface area contributed by atoms with Crippen molar-refractivity contribution in [1.82, 2.24) is 5.43 Å². The fraction of sp³-hybridized carbons (Fsp3) is 0.417. The van der Waals surface area contributed by atoms with E-state index in [1.165, 1.54) is 0 Å². The molecular weight excluding hydrogens is 220 g/mol. The fourth-order valence-corrected chi connectivity index (χ4v) is 1.43. The number of nitrogens with two attached hydrogens (primary N) is 1. The lowest BCUT2D eigenvalue weighted by Crippen LogP contribution is -2.30. The molecule has 5 heteroatoms. The summed E-state index contributed by atoms with van der Waals surface area (Å²) < 4.78 is 5.65. The highest BCUT2D eigenvalue weighted by atomic mass is 16.5. The topological polar surface area (TPSA) is 84.6 Å². The molecule has 17 heavy (non-hydrogen) atoms. The molecule has 0 aliphatic carbocycles. The van der Waals surface area contributed by atoms with Gasteiger partial charge in [-0.2, -0.15) is 0 Å². The third-order valence-electron chi connectivity index (χ3n) is 2.41. The fourth-order valence-electron chi connectivity index (χ4n) is 1.43. The van der Waals surface area contributed by atoms with Crippen molar-refractivity contribution in [2.24, 2.45) is 5.84 Å². The maximum atomic E-state index is 11.0. The van der Waals surface area contributed by atoms with Gasteiger partial charge >= 0.3 is 0 Å². The zero-order chi connectivity index (χ0) is 12.7. The van der Waals surface area contributed by atoms with Gasteiger partial charge in [0.1, 0.15) is 5.75 Å². The van der Waals surface area contributed by atoms with Crippen LogP contribution in [-0.2, 0) is 11.4 Å². The van der Waals surface area contributed by atoms with Crippen LogP contribution < -0.4 is 16.0 Å². The summed E-state index contributed by atoms with van der Waals surface area (Å²) in [5.74, 6) is 5.42. The second-order valence-corrected chi connectivity index (χ2v) is 3.80. The Morgan fingerprint density at radius 1 is 1.53 bits per heavy atom. The summed E-state index contributed by atoms with van der Waals surface area (Å²) in [5, 5.41) is 9.13. The number of amides is 1. The Hall–Kier alpha value is -1.59. The molecule has 1 aromatic rings. The molecule has 0 bridgehead atoms. The molecular formula is C12H18N2O3. The smallest absolute Gasteiger partial charge is 0.234 e. The lowest BCUT2D eigenvalue weighted by atomic mass is 10.2. The molecule has 0 fully saturated rings. The van der Waals surface area contributed by atoms with Crippen molar-refractivity contribution >= 4 is 5.91 Å². The monoisotopic (exact) mass is 238 g/mol. The molecule has 0 radical (unpaired) electrons. The minimum absolute atomic E-state index is 0.0633. The van der Waals surface area contributed by atoms with Crippen LogP contribution in [0.4, 0.5) is 0 Å². The van der Waals surface area contributed by atoms with Crippen molar-refractivity contribution in [1.29, 1.82) is 0 Å². The van der Waals surface area contributed by atoms with E-state index in [0.717, 1.165) is 5.56 Å². The van der Waals surface area contributed by atoms with Gasteiger partial charge in [-0.25, -0.2) is 5.84 Å². The van der Waals surface area contributed by atoms with E-state index in [-0.39, 0.29) is 18.6 Å². The highest BCUT2D eigenvalue weighted by Gasteiger charge is 2.09. The van der Waals surface area contributed by atoms with Crippen LogP contribution >= 0.6 is 0 Å². The van der Waals surface area contributed by atoms with Gasteiger partial charge in [0.2, 0.25) is 5.91 Å². The van der Waals surface area contributed by atoms with Crippen LogP contribution in [-0.4, -0.2) is 17.1 Å². The first-order valence-corrected chi connectivity index (χ1v) is 5.52. The minimum atomic E-state index is -0.212. The normalized spacial score (nSPS) is 11.9. The molecule has 94 valence electrons. The Kier molecular flexibility index (Phi) is 5.45. The number of rotatable bonds is 6. The van der Waals surface area contributed by atoms with E-state index in [1.54, 1.807) is 12.1 Å². The van der Waals surface area contributed by atoms with Crippen LogP contribution in [0.1, 0.15) is 25.3 Å². The van der Waals surface area contributed by atoms with Crippen molar-refractivity contribution < 1.29 is 14.6 Å². The van der Waals surface area contributed by atoms with Crippen molar-refractivity contribution in [2.75, 3.05) is 0 Å². The van der Waals surface area contributed by atoms with Crippen LogP contribution in [0.3, 0.4) is 0 Å². The standard InChI is InChI=1S/C12H18N2O3/c1-9(6-7-12(16)14-13)17-11-5-3-2-4-10(11)8-15/h2-5,9,15H,6-8,13H2,1H3,(H,14,16). The van der Waals surface area contributed by atoms with Gasteiger partial charge in [0.05, 0.1) is 12.7 Å². The van der Waals surface area contributed by atoms with Gasteiger partial charge in [-0.15, -0.1) is 0 Å². The van der Waals surface area contributed by atoms with E-state index >= 15 is 0 Å². The number of hydrogen-bond acceptors (Lipinski definition) is 4. The predicted octanol–water partition coefficient (Wildman–Crippen LogP) is 0.716. The summed E-state index contributed by atoms with van der Waals surface area (Å²) in [7, 11) is 0. The molecule has 1 unspecified atom stereocenters. The van der Waals surface area contributed by atoms with E-state index in [1.807, 2.05) is 19.1 Å². The van der Waals surface area contributed by atoms with E-state index in [4.69, 9.17) is 15.7 Å². The quantitative estimate of drug-likeness (QED) is 0.387. The molecule has 5 nitrogen and oxygen atoms in total. The number of para-hydroxylation sites is 1. The molecule has 1 rings (SSSR count). The molecule has 0 spiro atoms. The average Bonchev–Trinajstić information content (AvgIpc) is 2.36. The Bertz CT molecular complexity index is 369. The van der Waals surface area contributed by atoms with Crippen molar-refractivity contribution in [3.63, 3.8) is 0 Å². The molecule has 0 saturated carbocycles. The van der Waals surface area contributed by atoms with Crippen molar-refractivity contribution in [3.8, 4) is 5.75 Å². The molecule has 0 aliphatic rings. The molecule has 0 saturated heterocycles. The van der Waals surface area contributed by atoms with Gasteiger partial charge in [0.25, 0.3) is 0 Å². The number of benzene rings is 1. The third-order valence-corrected chi connectivity index (χ3v) is 2.41. The molecule has 0 heterocycles. The molecule has 4 N–H and O–H groups in total. The maximum Gasteiger partial charge on any atom is 0.234 e. The Morgan fingerprint density at radius 2 is 2.24 bits per heavy atom. The Labute approximate surface area is 101 Å². The number of hydrogen-bond donors (Lipinski definition) is 3. The van der Waals surface area contributed by atoms with Gasteiger partial charge in [-0.05, 0) is 19.4 Å². The zero-order valence-corrected chi connectivity index (χ0v) is 9.85. The predicted molar refractivity (Wildman–Crippen MR) is 64.0 cm³/mol. The molecule has 1 aromatic carbocycles. The summed E-state index contributed by atoms with van der Waals surface area (Å²) in [5.41, 5.74) is 2.81. The number of carbonyl (C=O) groups is 1. The van der Waals surface area contributed by atoms with E-state index < -0.39 is 0 Å². The van der Waals surface area contributed by atoms with Crippen molar-refractivity contribution in [3.05, 3.63) is 29.8 Å². The number of aliphatic hydroxyl groups is 1. The molecule has 0 aliphatic heterocycles. The second kappa shape index (κ2) is 6.88. The van der Waals surface area contributed by atoms with E-state index in [2.05, 4.69) is 5.43 Å². The van der Waals surface area contributed by atoms with Crippen molar-refractivity contribution in [2.45, 2.75) is 32.5 Å². The Morgan fingerprint density at radius 3 is 2.88 bits per heavy atom. The third kappa shape index (κ3) is 4.42. The number of hydrazine groups is 1. The van der Waals surface area contributed by atoms with Gasteiger partial charge in [0, 0.05) is 12.0 Å². The first kappa shape index (κ1) is 13.5. The summed E-state index contributed by atoms with van der Waals surface area (Å²) in [6, 6.07) is 7.28. The van der Waals surface area contributed by atoms with E-state index in [0.29, 0.717) is 18.6 Å². The number of ether oxygens (including phenoxy) is 1. The van der Waals surface area contributed by atoms with Gasteiger partial charge in [-0.3, -0.25) is 10.2 Å². The number of nitrogens with one attached hydrogen (secondary N) is 1. The highest BCUT2D eigenvalue weighted by Crippen LogP contribution is 2.20. The first-order chi connectivity index (χ1) is 8.17. The summed E-state index contributed by atoms with van der Waals surface area (Å²) >= 11 is 0. The lowest BCUT2D eigenvalue weighted by Gasteiger charge is -2.16. The SMILES string of the molecule is CC(CCC(=O)NN)Oc1ccccc1CO. The van der Waals surface area contributed by atoms with E-state index in [9.17, 15) is 4.79 Å². The Balaban J connectivity index is 2.50. The first-order valence-electron chi connectivity index (χ1n) is 5.52. The van der Waals surface area contributed by atoms with Gasteiger partial charge in [-0.1, -0.05) is 18.2 Å². The summed E-state index contributed by atoms with van der Waals surface area (Å²) in [6.07, 6.45) is 0.780. The molecule has 1 atom stereocenters. The zero-order valence-electron chi connectivity index (χ0n) is 9.85. The summed E-state index contributed by atoms with van der Waals surface area (Å²) in [6.45, 7) is 1.81. The maximum absolute atomic E-state index is 11.0. The minimum Gasteiger partial charge on any atom is -0.490 e. The second-order valence-electron chi connectivity index (χ2n) is 3.80. The van der Waals surface area contributed by atoms with Gasteiger partial charge < -0.3 is 9.84 Å². The lowest BCUT2D eigenvalue weighted by molar-refractivity contribution is -0.121.